The zero-order chi connectivity index (χ0) is 19.7. The summed E-state index contributed by atoms with van der Waals surface area (Å²) in [5.74, 6) is -0.276. The molecular weight excluding hydrogens is 340 g/mol. The number of rotatable bonds is 5. The minimum Gasteiger partial charge on any atom is -0.358 e. The number of H-pyrrole nitrogens is 1. The smallest absolute Gasteiger partial charge is 0.227 e. The summed E-state index contributed by atoms with van der Waals surface area (Å²) in [6.45, 7) is 7.88. The molecule has 3 rings (SSSR count). The summed E-state index contributed by atoms with van der Waals surface area (Å²) >= 11 is 0. The lowest BCUT2D eigenvalue weighted by molar-refractivity contribution is -0.119. The molecule has 0 radical (unpaired) electrons. The molecule has 1 amide bonds. The normalized spacial score (nSPS) is 12.3. The van der Waals surface area contributed by atoms with Gasteiger partial charge in [-0.15, -0.1) is 0 Å². The van der Waals surface area contributed by atoms with Gasteiger partial charge in [-0.1, -0.05) is 13.8 Å². The van der Waals surface area contributed by atoms with Crippen molar-refractivity contribution in [1.29, 1.82) is 0 Å². The number of benzene rings is 1. The van der Waals surface area contributed by atoms with Crippen LogP contribution in [0.15, 0.2) is 29.1 Å². The molecule has 0 bridgehead atoms. The van der Waals surface area contributed by atoms with Crippen molar-refractivity contribution < 1.29 is 4.79 Å². The highest BCUT2D eigenvalue weighted by Gasteiger charge is 2.19. The van der Waals surface area contributed by atoms with Gasteiger partial charge < -0.3 is 10.3 Å². The quantitative estimate of drug-likeness (QED) is 0.727. The molecule has 0 spiro atoms. The molecule has 0 fully saturated rings. The van der Waals surface area contributed by atoms with E-state index in [9.17, 15) is 9.59 Å². The minimum absolute atomic E-state index is 0.0358. The van der Waals surface area contributed by atoms with E-state index >= 15 is 0 Å². The monoisotopic (exact) mass is 366 g/mol. The van der Waals surface area contributed by atoms with Crippen molar-refractivity contribution in [2.24, 2.45) is 13.0 Å². The summed E-state index contributed by atoms with van der Waals surface area (Å²) in [5, 5.41) is 7.93. The Kier molecular flexibility index (Phi) is 5.17. The van der Waals surface area contributed by atoms with E-state index in [0.29, 0.717) is 17.5 Å². The van der Waals surface area contributed by atoms with Gasteiger partial charge in [-0.2, -0.15) is 5.10 Å². The summed E-state index contributed by atoms with van der Waals surface area (Å²) in [5.41, 5.74) is 5.43. The Balaban J connectivity index is 1.79. The van der Waals surface area contributed by atoms with Gasteiger partial charge in [0.2, 0.25) is 5.91 Å². The van der Waals surface area contributed by atoms with Gasteiger partial charge in [0.1, 0.15) is 0 Å². The molecule has 0 aliphatic heterocycles. The number of pyridine rings is 1. The number of aromatic amines is 1. The maximum Gasteiger partial charge on any atom is 0.227 e. The lowest BCUT2D eigenvalue weighted by atomic mass is 9.98. The van der Waals surface area contributed by atoms with Crippen molar-refractivity contribution in [1.82, 2.24) is 14.8 Å². The molecule has 2 heterocycles. The maximum atomic E-state index is 12.6. The molecule has 142 valence electrons. The van der Waals surface area contributed by atoms with Crippen LogP contribution in [0.4, 0.5) is 5.69 Å². The minimum atomic E-state index is -0.206. The highest BCUT2D eigenvalue weighted by Crippen LogP contribution is 2.20. The van der Waals surface area contributed by atoms with Crippen molar-refractivity contribution in [3.05, 3.63) is 57.1 Å². The van der Waals surface area contributed by atoms with Gasteiger partial charge >= 0.3 is 0 Å². The summed E-state index contributed by atoms with van der Waals surface area (Å²) in [6.07, 6.45) is 1.40. The van der Waals surface area contributed by atoms with Crippen molar-refractivity contribution in [2.45, 2.75) is 40.5 Å². The average Bonchev–Trinajstić information content (AvgIpc) is 2.88. The second-order valence-electron chi connectivity index (χ2n) is 7.14. The van der Waals surface area contributed by atoms with Crippen LogP contribution < -0.4 is 10.7 Å². The first-order chi connectivity index (χ1) is 12.8. The van der Waals surface area contributed by atoms with E-state index in [2.05, 4.69) is 15.4 Å². The first kappa shape index (κ1) is 18.9. The van der Waals surface area contributed by atoms with Crippen LogP contribution >= 0.6 is 0 Å². The van der Waals surface area contributed by atoms with Gasteiger partial charge in [0.25, 0.3) is 0 Å². The zero-order valence-corrected chi connectivity index (χ0v) is 16.5. The Labute approximate surface area is 158 Å². The SMILES string of the molecule is CCc1cc(=O)c2cc(NC(=O)[C@H](C)Cc3c(C)nn(C)c3C)ccc2[nH]1. The molecule has 0 aliphatic carbocycles. The van der Waals surface area contributed by atoms with E-state index < -0.39 is 0 Å². The maximum absolute atomic E-state index is 12.6. The van der Waals surface area contributed by atoms with Crippen LogP contribution in [0.25, 0.3) is 10.9 Å². The molecule has 3 aromatic rings. The fourth-order valence-corrected chi connectivity index (χ4v) is 3.35. The largest absolute Gasteiger partial charge is 0.358 e. The van der Waals surface area contributed by atoms with Gasteiger partial charge in [-0.05, 0) is 50.5 Å². The van der Waals surface area contributed by atoms with Crippen molar-refractivity contribution >= 4 is 22.5 Å². The standard InChI is InChI=1S/C21H26N4O2/c1-6-15-11-20(26)18-10-16(7-8-19(18)22-15)23-21(27)12(2)9-17-13(3)24-25(5)14(17)4/h7-8,10-12H,6,9H2,1-5H3,(H,22,26)(H,23,27)/t12-/m1/s1. The third kappa shape index (κ3) is 3.79. The number of carbonyl (C=O) groups excluding carboxylic acids is 1. The van der Waals surface area contributed by atoms with Crippen LogP contribution in [0, 0.1) is 19.8 Å². The van der Waals surface area contributed by atoms with Crippen molar-refractivity contribution in [2.75, 3.05) is 5.32 Å². The fraction of sp³-hybridized carbons (Fsp3) is 0.381. The number of hydrogen-bond acceptors (Lipinski definition) is 3. The number of nitrogens with one attached hydrogen (secondary N) is 2. The molecule has 0 saturated heterocycles. The van der Waals surface area contributed by atoms with E-state index in [1.807, 2.05) is 51.6 Å². The van der Waals surface area contributed by atoms with E-state index in [1.165, 1.54) is 0 Å². The molecule has 0 saturated carbocycles. The summed E-state index contributed by atoms with van der Waals surface area (Å²) in [7, 11) is 1.91. The van der Waals surface area contributed by atoms with E-state index in [1.54, 1.807) is 12.1 Å². The van der Waals surface area contributed by atoms with Crippen LogP contribution in [0.5, 0.6) is 0 Å². The molecule has 6 nitrogen and oxygen atoms in total. The Morgan fingerprint density at radius 2 is 2.04 bits per heavy atom. The van der Waals surface area contributed by atoms with Gasteiger partial charge in [0.05, 0.1) is 5.69 Å². The number of hydrogen-bond donors (Lipinski definition) is 2. The predicted octanol–water partition coefficient (Wildman–Crippen LogP) is 3.26. The number of nitrogens with zero attached hydrogens (tertiary/aromatic N) is 2. The number of fused-ring (bicyclic) bond motifs is 1. The second kappa shape index (κ2) is 7.39. The van der Waals surface area contributed by atoms with Gasteiger partial charge in [-0.3, -0.25) is 14.3 Å². The molecule has 27 heavy (non-hydrogen) atoms. The average molecular weight is 366 g/mol. The molecule has 2 aromatic heterocycles. The summed E-state index contributed by atoms with van der Waals surface area (Å²) in [4.78, 5) is 28.2. The molecule has 0 aliphatic rings. The number of aromatic nitrogens is 3. The van der Waals surface area contributed by atoms with Crippen molar-refractivity contribution in [3.8, 4) is 0 Å². The zero-order valence-electron chi connectivity index (χ0n) is 16.5. The highest BCUT2D eigenvalue weighted by molar-refractivity contribution is 5.95. The summed E-state index contributed by atoms with van der Waals surface area (Å²) < 4.78 is 1.84. The Morgan fingerprint density at radius 1 is 1.30 bits per heavy atom. The predicted molar refractivity (Wildman–Crippen MR) is 108 cm³/mol. The third-order valence-corrected chi connectivity index (χ3v) is 5.15. The molecule has 1 aromatic carbocycles. The second-order valence-corrected chi connectivity index (χ2v) is 7.14. The molecule has 1 atom stereocenters. The van der Waals surface area contributed by atoms with Gasteiger partial charge in [0, 0.05) is 47.0 Å². The van der Waals surface area contributed by atoms with Crippen LogP contribution in [0.3, 0.4) is 0 Å². The molecule has 0 unspecified atom stereocenters. The lowest BCUT2D eigenvalue weighted by Gasteiger charge is -2.13. The van der Waals surface area contributed by atoms with Crippen LogP contribution in [-0.2, 0) is 24.7 Å². The lowest BCUT2D eigenvalue weighted by Crippen LogP contribution is -2.22. The van der Waals surface area contributed by atoms with E-state index in [4.69, 9.17) is 0 Å². The first-order valence-corrected chi connectivity index (χ1v) is 9.26. The van der Waals surface area contributed by atoms with Crippen LogP contribution in [-0.4, -0.2) is 20.7 Å². The highest BCUT2D eigenvalue weighted by atomic mass is 16.1. The van der Waals surface area contributed by atoms with Gasteiger partial charge in [-0.25, -0.2) is 0 Å². The Hall–Kier alpha value is -2.89. The number of aryl methyl sites for hydroxylation is 3. The molecular formula is C21H26N4O2. The van der Waals surface area contributed by atoms with Crippen molar-refractivity contribution in [3.63, 3.8) is 0 Å². The van der Waals surface area contributed by atoms with E-state index in [0.717, 1.165) is 34.6 Å². The Bertz CT molecular complexity index is 1060. The van der Waals surface area contributed by atoms with Crippen LogP contribution in [0.1, 0.15) is 36.5 Å². The van der Waals surface area contributed by atoms with E-state index in [-0.39, 0.29) is 17.3 Å². The number of carbonyl (C=O) groups is 1. The van der Waals surface area contributed by atoms with Crippen LogP contribution in [0.2, 0.25) is 0 Å². The summed E-state index contributed by atoms with van der Waals surface area (Å²) in [6, 6.07) is 7.01. The Morgan fingerprint density at radius 3 is 2.67 bits per heavy atom. The third-order valence-electron chi connectivity index (χ3n) is 5.15. The number of anilines is 1. The van der Waals surface area contributed by atoms with Gasteiger partial charge in [0.15, 0.2) is 5.43 Å². The topological polar surface area (TPSA) is 79.8 Å². The molecule has 6 heteroatoms. The first-order valence-electron chi connectivity index (χ1n) is 9.26. The number of amides is 1. The molecule has 2 N–H and O–H groups in total. The fourth-order valence-electron chi connectivity index (χ4n) is 3.35.